The van der Waals surface area contributed by atoms with E-state index in [1.54, 1.807) is 37.3 Å². The fourth-order valence-electron chi connectivity index (χ4n) is 4.17. The molecule has 178 valence electrons. The molecule has 1 saturated heterocycles. The highest BCUT2D eigenvalue weighted by Gasteiger charge is 2.27. The zero-order valence-corrected chi connectivity index (χ0v) is 19.7. The number of hydrogen-bond acceptors (Lipinski definition) is 7. The lowest BCUT2D eigenvalue weighted by atomic mass is 10.0. The van der Waals surface area contributed by atoms with Gasteiger partial charge in [0.15, 0.2) is 18.1 Å². The molecule has 2 atom stereocenters. The molecule has 1 amide bonds. The van der Waals surface area contributed by atoms with E-state index in [0.717, 1.165) is 5.56 Å². The average molecular weight is 465 g/mol. The Bertz CT molecular complexity index is 1200. The van der Waals surface area contributed by atoms with Crippen LogP contribution in [0.2, 0.25) is 0 Å². The summed E-state index contributed by atoms with van der Waals surface area (Å²) in [4.78, 5) is 32.1. The van der Waals surface area contributed by atoms with Crippen molar-refractivity contribution in [1.29, 1.82) is 0 Å². The van der Waals surface area contributed by atoms with E-state index in [9.17, 15) is 9.59 Å². The molecule has 1 fully saturated rings. The second-order valence-corrected chi connectivity index (χ2v) is 8.27. The van der Waals surface area contributed by atoms with Crippen molar-refractivity contribution in [3.8, 4) is 22.8 Å². The first-order chi connectivity index (χ1) is 16.4. The molecule has 2 aromatic carbocycles. The standard InChI is InChI=1S/C26H28N2O6/c1-16-13-28(14-17(2)34-16)25(29)15-33-26(30)20-12-22(27-21-8-6-5-7-19(20)21)18-9-10-23(31-3)24(11-18)32-4/h5-12,16-17H,13-15H2,1-4H3/t16-,17-/m0/s1. The lowest BCUT2D eigenvalue weighted by molar-refractivity contribution is -0.146. The van der Waals surface area contributed by atoms with Gasteiger partial charge in [-0.3, -0.25) is 4.79 Å². The third kappa shape index (κ3) is 4.97. The van der Waals surface area contributed by atoms with Gasteiger partial charge in [-0.2, -0.15) is 0 Å². The third-order valence-electron chi connectivity index (χ3n) is 5.71. The summed E-state index contributed by atoms with van der Waals surface area (Å²) in [6.07, 6.45) is -0.117. The van der Waals surface area contributed by atoms with E-state index in [1.807, 2.05) is 44.2 Å². The number of aromatic nitrogens is 1. The van der Waals surface area contributed by atoms with Crippen molar-refractivity contribution < 1.29 is 28.5 Å². The van der Waals surface area contributed by atoms with Crippen LogP contribution in [0.5, 0.6) is 11.5 Å². The normalized spacial score (nSPS) is 17.9. The predicted molar refractivity (Wildman–Crippen MR) is 127 cm³/mol. The van der Waals surface area contributed by atoms with Gasteiger partial charge in [0.1, 0.15) is 0 Å². The van der Waals surface area contributed by atoms with Crippen LogP contribution in [-0.2, 0) is 14.3 Å². The first kappa shape index (κ1) is 23.5. The van der Waals surface area contributed by atoms with E-state index in [1.165, 1.54) is 0 Å². The maximum atomic E-state index is 13.1. The monoisotopic (exact) mass is 464 g/mol. The van der Waals surface area contributed by atoms with Crippen molar-refractivity contribution in [2.24, 2.45) is 0 Å². The summed E-state index contributed by atoms with van der Waals surface area (Å²) in [5, 5.41) is 0.651. The summed E-state index contributed by atoms with van der Waals surface area (Å²) in [6, 6.07) is 14.4. The highest BCUT2D eigenvalue weighted by Crippen LogP contribution is 2.33. The summed E-state index contributed by atoms with van der Waals surface area (Å²) >= 11 is 0. The average Bonchev–Trinajstić information content (AvgIpc) is 2.85. The van der Waals surface area contributed by atoms with Gasteiger partial charge in [-0.25, -0.2) is 9.78 Å². The number of para-hydroxylation sites is 1. The molecule has 0 bridgehead atoms. The van der Waals surface area contributed by atoms with E-state index in [0.29, 0.717) is 46.7 Å². The molecule has 4 rings (SSSR count). The molecule has 0 radical (unpaired) electrons. The van der Waals surface area contributed by atoms with Gasteiger partial charge in [-0.15, -0.1) is 0 Å². The number of carbonyl (C=O) groups excluding carboxylic acids is 2. The quantitative estimate of drug-likeness (QED) is 0.514. The van der Waals surface area contributed by atoms with Gasteiger partial charge >= 0.3 is 5.97 Å². The summed E-state index contributed by atoms with van der Waals surface area (Å²) in [7, 11) is 3.13. The van der Waals surface area contributed by atoms with Gasteiger partial charge in [0.2, 0.25) is 0 Å². The number of esters is 1. The minimum absolute atomic E-state index is 0.0587. The Hall–Kier alpha value is -3.65. The number of ether oxygens (including phenoxy) is 4. The number of fused-ring (bicyclic) bond motifs is 1. The summed E-state index contributed by atoms with van der Waals surface area (Å²) in [5.41, 5.74) is 2.31. The number of carbonyl (C=O) groups is 2. The number of morpholine rings is 1. The number of pyridine rings is 1. The highest BCUT2D eigenvalue weighted by molar-refractivity contribution is 6.05. The van der Waals surface area contributed by atoms with Crippen LogP contribution < -0.4 is 9.47 Å². The number of methoxy groups -OCH3 is 2. The zero-order valence-electron chi connectivity index (χ0n) is 19.7. The Morgan fingerprint density at radius 2 is 1.71 bits per heavy atom. The fraction of sp³-hybridized carbons (Fsp3) is 0.346. The molecule has 8 heteroatoms. The maximum absolute atomic E-state index is 13.1. The van der Waals surface area contributed by atoms with Crippen molar-refractivity contribution >= 4 is 22.8 Å². The van der Waals surface area contributed by atoms with Crippen molar-refractivity contribution in [3.63, 3.8) is 0 Å². The molecule has 34 heavy (non-hydrogen) atoms. The van der Waals surface area contributed by atoms with Crippen molar-refractivity contribution in [1.82, 2.24) is 9.88 Å². The molecule has 0 spiro atoms. The molecule has 0 unspecified atom stereocenters. The van der Waals surface area contributed by atoms with Crippen LogP contribution in [0.15, 0.2) is 48.5 Å². The van der Waals surface area contributed by atoms with Crippen molar-refractivity contribution in [3.05, 3.63) is 54.1 Å². The Kier molecular flexibility index (Phi) is 6.98. The number of rotatable bonds is 6. The Morgan fingerprint density at radius 1 is 1.00 bits per heavy atom. The molecule has 0 N–H and O–H groups in total. The molecule has 2 heterocycles. The molecule has 1 aliphatic heterocycles. The third-order valence-corrected chi connectivity index (χ3v) is 5.71. The largest absolute Gasteiger partial charge is 0.493 e. The van der Waals surface area contributed by atoms with Gasteiger partial charge in [-0.1, -0.05) is 18.2 Å². The van der Waals surface area contributed by atoms with E-state index < -0.39 is 5.97 Å². The maximum Gasteiger partial charge on any atom is 0.339 e. The minimum Gasteiger partial charge on any atom is -0.493 e. The molecular formula is C26H28N2O6. The Balaban J connectivity index is 1.60. The second-order valence-electron chi connectivity index (χ2n) is 8.27. The SMILES string of the molecule is COc1ccc(-c2cc(C(=O)OCC(=O)N3C[C@H](C)O[C@@H](C)C3)c3ccccc3n2)cc1OC. The van der Waals surface area contributed by atoms with Crippen LogP contribution in [0.4, 0.5) is 0 Å². The number of hydrogen-bond donors (Lipinski definition) is 0. The smallest absolute Gasteiger partial charge is 0.339 e. The lowest BCUT2D eigenvalue weighted by Gasteiger charge is -2.35. The molecule has 0 aliphatic carbocycles. The van der Waals surface area contributed by atoms with Gasteiger partial charge in [0.25, 0.3) is 5.91 Å². The van der Waals surface area contributed by atoms with Gasteiger partial charge in [0.05, 0.1) is 43.2 Å². The van der Waals surface area contributed by atoms with Crippen LogP contribution in [0.25, 0.3) is 22.2 Å². The topological polar surface area (TPSA) is 87.2 Å². The molecule has 8 nitrogen and oxygen atoms in total. The first-order valence-corrected chi connectivity index (χ1v) is 11.1. The van der Waals surface area contributed by atoms with E-state index in [4.69, 9.17) is 23.9 Å². The van der Waals surface area contributed by atoms with Gasteiger partial charge in [0, 0.05) is 24.0 Å². The number of amides is 1. The lowest BCUT2D eigenvalue weighted by Crippen LogP contribution is -2.49. The van der Waals surface area contributed by atoms with Crippen LogP contribution in [0.3, 0.4) is 0 Å². The molecule has 0 saturated carbocycles. The second kappa shape index (κ2) is 10.1. The number of nitrogens with zero attached hydrogens (tertiary/aromatic N) is 2. The summed E-state index contributed by atoms with van der Waals surface area (Å²) in [5.74, 6) is 0.326. The summed E-state index contributed by atoms with van der Waals surface area (Å²) < 4.78 is 21.8. The van der Waals surface area contributed by atoms with Gasteiger partial charge < -0.3 is 23.8 Å². The van der Waals surface area contributed by atoms with Crippen LogP contribution in [-0.4, -0.2) is 67.9 Å². The molecule has 1 aliphatic rings. The highest BCUT2D eigenvalue weighted by atomic mass is 16.5. The van der Waals surface area contributed by atoms with E-state index in [2.05, 4.69) is 0 Å². The van der Waals surface area contributed by atoms with E-state index in [-0.39, 0.29) is 24.7 Å². The Morgan fingerprint density at radius 3 is 2.41 bits per heavy atom. The van der Waals surface area contributed by atoms with Gasteiger partial charge in [-0.05, 0) is 44.2 Å². The van der Waals surface area contributed by atoms with E-state index >= 15 is 0 Å². The van der Waals surface area contributed by atoms with Crippen LogP contribution in [0, 0.1) is 0 Å². The minimum atomic E-state index is -0.581. The van der Waals surface area contributed by atoms with Crippen molar-refractivity contribution in [2.75, 3.05) is 33.9 Å². The summed E-state index contributed by atoms with van der Waals surface area (Å²) in [6.45, 7) is 4.45. The molecule has 1 aromatic heterocycles. The van der Waals surface area contributed by atoms with Crippen LogP contribution in [0.1, 0.15) is 24.2 Å². The number of benzene rings is 2. The first-order valence-electron chi connectivity index (χ1n) is 11.1. The molecule has 3 aromatic rings. The predicted octanol–water partition coefficient (Wildman–Crippen LogP) is 3.71. The Labute approximate surface area is 198 Å². The fourth-order valence-corrected chi connectivity index (χ4v) is 4.17. The zero-order chi connectivity index (χ0) is 24.2. The molecular weight excluding hydrogens is 436 g/mol. The van der Waals surface area contributed by atoms with Crippen molar-refractivity contribution in [2.45, 2.75) is 26.1 Å². The van der Waals surface area contributed by atoms with Crippen LogP contribution >= 0.6 is 0 Å².